The Hall–Kier alpha value is -3.08. The SMILES string of the molecule is CCCCCCCCOc1ccc([C@H]2O[C@@]34CCCC[C@@H]3C(C#N)(C#N)[C@@]2(C#N)C(=N)O4)cc1. The molecule has 5 rings (SSSR count). The lowest BCUT2D eigenvalue weighted by atomic mass is 9.48. The number of hydrogen-bond donors (Lipinski definition) is 1. The highest BCUT2D eigenvalue weighted by Gasteiger charge is 2.80. The number of benzene rings is 1. The summed E-state index contributed by atoms with van der Waals surface area (Å²) in [6, 6.07) is 13.8. The predicted octanol–water partition coefficient (Wildman–Crippen LogP) is 5.93. The highest BCUT2D eigenvalue weighted by molar-refractivity contribution is 5.89. The summed E-state index contributed by atoms with van der Waals surface area (Å²) >= 11 is 0. The molecule has 1 saturated carbocycles. The summed E-state index contributed by atoms with van der Waals surface area (Å²) in [5, 5.41) is 39.5. The van der Waals surface area contributed by atoms with Crippen LogP contribution in [0.5, 0.6) is 5.75 Å². The average molecular weight is 461 g/mol. The molecule has 1 N–H and O–H groups in total. The summed E-state index contributed by atoms with van der Waals surface area (Å²) in [5.74, 6) is -1.42. The van der Waals surface area contributed by atoms with Crippen molar-refractivity contribution in [2.24, 2.45) is 16.7 Å². The maximum atomic E-state index is 10.4. The van der Waals surface area contributed by atoms with E-state index in [0.29, 0.717) is 25.0 Å². The average Bonchev–Trinajstić information content (AvgIpc) is 2.87. The summed E-state index contributed by atoms with van der Waals surface area (Å²) in [5.41, 5.74) is -2.91. The van der Waals surface area contributed by atoms with E-state index in [9.17, 15) is 15.8 Å². The van der Waals surface area contributed by atoms with Gasteiger partial charge in [-0.1, -0.05) is 57.6 Å². The number of hydrogen-bond acceptors (Lipinski definition) is 7. The van der Waals surface area contributed by atoms with Crippen LogP contribution in [-0.4, -0.2) is 18.3 Å². The lowest BCUT2D eigenvalue weighted by molar-refractivity contribution is -0.360. The molecule has 1 spiro atoms. The maximum absolute atomic E-state index is 10.4. The van der Waals surface area contributed by atoms with Gasteiger partial charge < -0.3 is 14.2 Å². The van der Waals surface area contributed by atoms with Gasteiger partial charge in [0.15, 0.2) is 10.8 Å². The molecule has 7 nitrogen and oxygen atoms in total. The van der Waals surface area contributed by atoms with Crippen molar-refractivity contribution in [3.8, 4) is 24.0 Å². The monoisotopic (exact) mass is 460 g/mol. The first-order valence-electron chi connectivity index (χ1n) is 12.5. The molecular weight excluding hydrogens is 428 g/mol. The molecule has 0 radical (unpaired) electrons. The Kier molecular flexibility index (Phi) is 6.83. The zero-order chi connectivity index (χ0) is 24.2. The Morgan fingerprint density at radius 1 is 1.00 bits per heavy atom. The van der Waals surface area contributed by atoms with Gasteiger partial charge in [0.25, 0.3) is 0 Å². The van der Waals surface area contributed by atoms with E-state index >= 15 is 0 Å². The van der Waals surface area contributed by atoms with Gasteiger partial charge in [-0.05, 0) is 37.0 Å². The highest BCUT2D eigenvalue weighted by atomic mass is 16.7. The van der Waals surface area contributed by atoms with Crippen molar-refractivity contribution in [1.29, 1.82) is 21.2 Å². The van der Waals surface area contributed by atoms with Crippen LogP contribution in [0.3, 0.4) is 0 Å². The van der Waals surface area contributed by atoms with Gasteiger partial charge in [0.05, 0.1) is 30.7 Å². The lowest BCUT2D eigenvalue weighted by Crippen LogP contribution is -2.73. The molecule has 2 bridgehead atoms. The van der Waals surface area contributed by atoms with Crippen LogP contribution in [0.25, 0.3) is 0 Å². The molecule has 3 aliphatic heterocycles. The summed E-state index contributed by atoms with van der Waals surface area (Å²) in [4.78, 5) is 0. The van der Waals surface area contributed by atoms with E-state index in [2.05, 4.69) is 25.1 Å². The Bertz CT molecular complexity index is 1020. The molecule has 1 aromatic carbocycles. The zero-order valence-corrected chi connectivity index (χ0v) is 19.8. The van der Waals surface area contributed by atoms with Gasteiger partial charge in [-0.2, -0.15) is 15.8 Å². The molecule has 1 aromatic rings. The molecule has 3 saturated heterocycles. The third-order valence-corrected chi connectivity index (χ3v) is 7.77. The molecule has 4 aliphatic rings. The third-order valence-electron chi connectivity index (χ3n) is 7.77. The van der Waals surface area contributed by atoms with Crippen molar-refractivity contribution in [2.45, 2.75) is 83.0 Å². The minimum Gasteiger partial charge on any atom is -0.494 e. The molecule has 0 aromatic heterocycles. The Morgan fingerprint density at radius 2 is 1.71 bits per heavy atom. The van der Waals surface area contributed by atoms with E-state index < -0.39 is 28.6 Å². The van der Waals surface area contributed by atoms with Crippen molar-refractivity contribution < 1.29 is 14.2 Å². The first-order chi connectivity index (χ1) is 16.5. The maximum Gasteiger partial charge on any atom is 0.218 e. The van der Waals surface area contributed by atoms with E-state index in [-0.39, 0.29) is 5.90 Å². The summed E-state index contributed by atoms with van der Waals surface area (Å²) in [6.45, 7) is 2.85. The summed E-state index contributed by atoms with van der Waals surface area (Å²) < 4.78 is 18.2. The number of nitrogens with zero attached hydrogens (tertiary/aromatic N) is 3. The van der Waals surface area contributed by atoms with E-state index in [1.54, 1.807) is 0 Å². The lowest BCUT2D eigenvalue weighted by Gasteiger charge is -2.63. The fraction of sp³-hybridized carbons (Fsp3) is 0.630. The molecule has 178 valence electrons. The highest BCUT2D eigenvalue weighted by Crippen LogP contribution is 2.69. The van der Waals surface area contributed by atoms with Gasteiger partial charge in [0.1, 0.15) is 11.9 Å². The Labute approximate surface area is 201 Å². The van der Waals surface area contributed by atoms with Crippen LogP contribution in [0.2, 0.25) is 0 Å². The van der Waals surface area contributed by atoms with Gasteiger partial charge in [-0.3, -0.25) is 5.41 Å². The third kappa shape index (κ3) is 3.53. The van der Waals surface area contributed by atoms with Crippen molar-refractivity contribution >= 4 is 5.90 Å². The molecule has 0 unspecified atom stereocenters. The van der Waals surface area contributed by atoms with E-state index in [4.69, 9.17) is 19.6 Å². The number of unbranched alkanes of at least 4 members (excludes halogenated alkanes) is 5. The second-order valence-corrected chi connectivity index (χ2v) is 9.68. The summed E-state index contributed by atoms with van der Waals surface area (Å²) in [6.07, 6.45) is 8.88. The topological polar surface area (TPSA) is 123 Å². The molecule has 3 heterocycles. The number of nitriles is 3. The van der Waals surface area contributed by atoms with Crippen molar-refractivity contribution in [3.05, 3.63) is 29.8 Å². The second-order valence-electron chi connectivity index (χ2n) is 9.68. The van der Waals surface area contributed by atoms with Gasteiger partial charge in [-0.15, -0.1) is 0 Å². The number of ether oxygens (including phenoxy) is 3. The summed E-state index contributed by atoms with van der Waals surface area (Å²) in [7, 11) is 0. The fourth-order valence-electron chi connectivity index (χ4n) is 5.95. The minimum atomic E-state index is -1.83. The van der Waals surface area contributed by atoms with Gasteiger partial charge in [0, 0.05) is 6.42 Å². The first kappa shape index (κ1) is 24.1. The normalized spacial score (nSPS) is 30.8. The number of nitrogens with one attached hydrogen (secondary N) is 1. The molecule has 7 heteroatoms. The van der Waals surface area contributed by atoms with E-state index in [0.717, 1.165) is 31.4 Å². The molecule has 1 aliphatic carbocycles. The van der Waals surface area contributed by atoms with Crippen molar-refractivity contribution in [1.82, 2.24) is 0 Å². The van der Waals surface area contributed by atoms with Crippen molar-refractivity contribution in [2.75, 3.05) is 6.61 Å². The smallest absolute Gasteiger partial charge is 0.218 e. The van der Waals surface area contributed by atoms with Crippen LogP contribution < -0.4 is 4.74 Å². The van der Waals surface area contributed by atoms with Gasteiger partial charge >= 0.3 is 0 Å². The van der Waals surface area contributed by atoms with Crippen LogP contribution in [0, 0.1) is 56.2 Å². The van der Waals surface area contributed by atoms with Crippen LogP contribution in [0.15, 0.2) is 24.3 Å². The van der Waals surface area contributed by atoms with Crippen LogP contribution in [-0.2, 0) is 9.47 Å². The molecular formula is C27H32N4O3. The molecule has 34 heavy (non-hydrogen) atoms. The van der Waals surface area contributed by atoms with Crippen LogP contribution in [0.4, 0.5) is 0 Å². The minimum absolute atomic E-state index is 0.337. The molecule has 4 atom stereocenters. The largest absolute Gasteiger partial charge is 0.494 e. The second kappa shape index (κ2) is 9.65. The standard InChI is InChI=1S/C27H32N4O3/c1-2-3-4-5-6-9-16-32-21-13-11-20(12-14-21)23-26(19-30)24(31)34-27(33-23)15-8-7-10-22(27)25(26,17-28)18-29/h11-14,22-23,31H,2-10,15-16H2,1H3/t22-,23-,26-,27-/m1/s1. The Morgan fingerprint density at radius 3 is 2.38 bits per heavy atom. The quantitative estimate of drug-likeness (QED) is 0.455. The number of rotatable bonds is 9. The number of fused-ring (bicyclic) bond motifs is 2. The zero-order valence-electron chi connectivity index (χ0n) is 19.8. The van der Waals surface area contributed by atoms with E-state index in [1.807, 2.05) is 24.3 Å². The fourth-order valence-corrected chi connectivity index (χ4v) is 5.95. The first-order valence-corrected chi connectivity index (χ1v) is 12.5. The van der Waals surface area contributed by atoms with Crippen molar-refractivity contribution in [3.63, 3.8) is 0 Å². The van der Waals surface area contributed by atoms with E-state index in [1.165, 1.54) is 25.7 Å². The van der Waals surface area contributed by atoms with Gasteiger partial charge in [-0.25, -0.2) is 0 Å². The Balaban J connectivity index is 1.56. The molecule has 0 amide bonds. The predicted molar refractivity (Wildman–Crippen MR) is 124 cm³/mol. The van der Waals surface area contributed by atoms with Crippen LogP contribution in [0.1, 0.15) is 82.8 Å². The van der Waals surface area contributed by atoms with Gasteiger partial charge in [0.2, 0.25) is 11.7 Å². The molecule has 4 fully saturated rings. The van der Waals surface area contributed by atoms with Crippen LogP contribution >= 0.6 is 0 Å².